The van der Waals surface area contributed by atoms with Crippen molar-refractivity contribution in [3.8, 4) is 0 Å². The number of hydrogen-bond donors (Lipinski definition) is 1. The quantitative estimate of drug-likeness (QED) is 0.794. The van der Waals surface area contributed by atoms with E-state index in [-0.39, 0.29) is 5.91 Å². The van der Waals surface area contributed by atoms with Crippen LogP contribution >= 0.6 is 0 Å². The first-order valence-corrected chi connectivity index (χ1v) is 7.10. The Kier molecular flexibility index (Phi) is 3.97. The smallest absolute Gasteiger partial charge is 0.311 e. The minimum Gasteiger partial charge on any atom is -0.481 e. The molecule has 1 aliphatic carbocycles. The van der Waals surface area contributed by atoms with E-state index in [1.807, 2.05) is 13.8 Å². The Morgan fingerprint density at radius 1 is 1.37 bits per heavy atom. The number of rotatable bonds is 4. The van der Waals surface area contributed by atoms with Crippen LogP contribution in [-0.2, 0) is 9.59 Å². The molecule has 1 unspecified atom stereocenters. The molecule has 0 aromatic rings. The van der Waals surface area contributed by atoms with Crippen molar-refractivity contribution < 1.29 is 14.7 Å². The van der Waals surface area contributed by atoms with Crippen LogP contribution in [0.15, 0.2) is 11.6 Å². The molecule has 19 heavy (non-hydrogen) atoms. The highest BCUT2D eigenvalue weighted by Gasteiger charge is 2.46. The Bertz CT molecular complexity index is 408. The number of aliphatic carboxylic acids is 1. The molecular formula is C15H23NO3. The molecule has 1 aliphatic heterocycles. The molecule has 2 rings (SSSR count). The Morgan fingerprint density at radius 2 is 2.05 bits per heavy atom. The van der Waals surface area contributed by atoms with E-state index < -0.39 is 11.4 Å². The Morgan fingerprint density at radius 3 is 2.58 bits per heavy atom. The monoisotopic (exact) mass is 265 g/mol. The molecule has 1 heterocycles. The van der Waals surface area contributed by atoms with Crippen molar-refractivity contribution in [2.45, 2.75) is 46.0 Å². The zero-order valence-electron chi connectivity index (χ0n) is 11.8. The van der Waals surface area contributed by atoms with Crippen LogP contribution < -0.4 is 0 Å². The molecule has 4 nitrogen and oxygen atoms in total. The summed E-state index contributed by atoms with van der Waals surface area (Å²) in [6.07, 6.45) is 6.14. The van der Waals surface area contributed by atoms with E-state index in [0.717, 1.165) is 31.3 Å². The second kappa shape index (κ2) is 5.35. The molecule has 1 saturated heterocycles. The number of amides is 1. The first-order chi connectivity index (χ1) is 8.93. The van der Waals surface area contributed by atoms with Crippen LogP contribution in [-0.4, -0.2) is 35.0 Å². The van der Waals surface area contributed by atoms with E-state index in [1.54, 1.807) is 11.0 Å². The number of allylic oxidation sites excluding steroid dienone is 1. The van der Waals surface area contributed by atoms with E-state index in [4.69, 9.17) is 0 Å². The molecule has 0 spiro atoms. The predicted octanol–water partition coefficient (Wildman–Crippen LogP) is 2.45. The lowest BCUT2D eigenvalue weighted by atomic mass is 9.75. The predicted molar refractivity (Wildman–Crippen MR) is 72.7 cm³/mol. The van der Waals surface area contributed by atoms with Gasteiger partial charge in [-0.2, -0.15) is 0 Å². The molecule has 0 bridgehead atoms. The lowest BCUT2D eigenvalue weighted by Gasteiger charge is -2.39. The van der Waals surface area contributed by atoms with E-state index in [1.165, 1.54) is 0 Å². The molecule has 106 valence electrons. The minimum absolute atomic E-state index is 0.0406. The maximum absolute atomic E-state index is 12.1. The van der Waals surface area contributed by atoms with Gasteiger partial charge in [0.2, 0.25) is 5.91 Å². The van der Waals surface area contributed by atoms with E-state index in [2.05, 4.69) is 0 Å². The number of nitrogens with zero attached hydrogens (tertiary/aromatic N) is 1. The molecule has 0 aromatic carbocycles. The second-order valence-corrected chi connectivity index (χ2v) is 6.32. The van der Waals surface area contributed by atoms with Gasteiger partial charge >= 0.3 is 5.97 Å². The fourth-order valence-corrected chi connectivity index (χ4v) is 2.96. The van der Waals surface area contributed by atoms with Crippen LogP contribution in [0.5, 0.6) is 0 Å². The van der Waals surface area contributed by atoms with Crippen LogP contribution in [0.1, 0.15) is 46.0 Å². The maximum Gasteiger partial charge on any atom is 0.311 e. The fourth-order valence-electron chi connectivity index (χ4n) is 2.96. The molecule has 1 saturated carbocycles. The first-order valence-electron chi connectivity index (χ1n) is 7.10. The lowest BCUT2D eigenvalue weighted by molar-refractivity contribution is -0.155. The topological polar surface area (TPSA) is 57.6 Å². The summed E-state index contributed by atoms with van der Waals surface area (Å²) in [5, 5.41) is 9.59. The van der Waals surface area contributed by atoms with E-state index in [9.17, 15) is 14.7 Å². The molecule has 4 heteroatoms. The van der Waals surface area contributed by atoms with Crippen molar-refractivity contribution in [2.24, 2.45) is 11.3 Å². The van der Waals surface area contributed by atoms with Crippen LogP contribution in [0.4, 0.5) is 0 Å². The summed E-state index contributed by atoms with van der Waals surface area (Å²) < 4.78 is 0. The Balaban J connectivity index is 2.10. The summed E-state index contributed by atoms with van der Waals surface area (Å²) in [6, 6.07) is 0. The van der Waals surface area contributed by atoms with Gasteiger partial charge in [-0.25, -0.2) is 0 Å². The number of carbonyl (C=O) groups is 2. The van der Waals surface area contributed by atoms with Gasteiger partial charge in [0.15, 0.2) is 0 Å². The Labute approximate surface area is 114 Å². The molecule has 0 aromatic heterocycles. The summed E-state index contributed by atoms with van der Waals surface area (Å²) >= 11 is 0. The highest BCUT2D eigenvalue weighted by Crippen LogP contribution is 2.44. The third-order valence-corrected chi connectivity index (χ3v) is 4.13. The van der Waals surface area contributed by atoms with Gasteiger partial charge in [-0.05, 0) is 39.0 Å². The largest absolute Gasteiger partial charge is 0.481 e. The molecular weight excluding hydrogens is 242 g/mol. The minimum atomic E-state index is -0.728. The third-order valence-electron chi connectivity index (χ3n) is 4.13. The summed E-state index contributed by atoms with van der Waals surface area (Å²) in [5.74, 6) is -0.204. The van der Waals surface area contributed by atoms with Gasteiger partial charge in [-0.3, -0.25) is 9.59 Å². The van der Waals surface area contributed by atoms with Crippen LogP contribution in [0.3, 0.4) is 0 Å². The molecule has 2 aliphatic rings. The molecule has 2 fully saturated rings. The van der Waals surface area contributed by atoms with Crippen molar-refractivity contribution in [1.82, 2.24) is 4.90 Å². The average molecular weight is 265 g/mol. The molecule has 1 atom stereocenters. The SMILES string of the molecule is CC(C)=CC(=O)N1CCCC(CC2CC2)(C(=O)O)C1. The Hall–Kier alpha value is -1.32. The van der Waals surface area contributed by atoms with Crippen LogP contribution in [0, 0.1) is 11.3 Å². The summed E-state index contributed by atoms with van der Waals surface area (Å²) in [5.41, 5.74) is 0.253. The highest BCUT2D eigenvalue weighted by molar-refractivity contribution is 5.89. The van der Waals surface area contributed by atoms with Crippen LogP contribution in [0.25, 0.3) is 0 Å². The van der Waals surface area contributed by atoms with Gasteiger partial charge < -0.3 is 10.0 Å². The van der Waals surface area contributed by atoms with Gasteiger partial charge in [-0.1, -0.05) is 18.4 Å². The normalized spacial score (nSPS) is 26.9. The van der Waals surface area contributed by atoms with Crippen molar-refractivity contribution in [3.63, 3.8) is 0 Å². The maximum atomic E-state index is 12.1. The van der Waals surface area contributed by atoms with Gasteiger partial charge in [0.1, 0.15) is 0 Å². The zero-order valence-corrected chi connectivity index (χ0v) is 11.8. The van der Waals surface area contributed by atoms with Gasteiger partial charge in [0.25, 0.3) is 0 Å². The van der Waals surface area contributed by atoms with Gasteiger partial charge in [0.05, 0.1) is 5.41 Å². The van der Waals surface area contributed by atoms with Crippen molar-refractivity contribution in [1.29, 1.82) is 0 Å². The van der Waals surface area contributed by atoms with Crippen molar-refractivity contribution in [2.75, 3.05) is 13.1 Å². The van der Waals surface area contributed by atoms with Gasteiger partial charge in [0, 0.05) is 19.2 Å². The van der Waals surface area contributed by atoms with Crippen LogP contribution in [0.2, 0.25) is 0 Å². The van der Waals surface area contributed by atoms with E-state index in [0.29, 0.717) is 25.4 Å². The number of carboxylic acid groups (broad SMARTS) is 1. The number of carboxylic acids is 1. The summed E-state index contributed by atoms with van der Waals surface area (Å²) in [4.78, 5) is 25.5. The lowest BCUT2D eigenvalue weighted by Crippen LogP contribution is -2.49. The average Bonchev–Trinajstić information content (AvgIpc) is 3.12. The third kappa shape index (κ3) is 3.37. The van der Waals surface area contributed by atoms with Crippen molar-refractivity contribution in [3.05, 3.63) is 11.6 Å². The second-order valence-electron chi connectivity index (χ2n) is 6.32. The molecule has 0 radical (unpaired) electrons. The zero-order chi connectivity index (χ0) is 14.0. The van der Waals surface area contributed by atoms with E-state index >= 15 is 0 Å². The number of likely N-dealkylation sites (tertiary alicyclic amines) is 1. The van der Waals surface area contributed by atoms with Gasteiger partial charge in [-0.15, -0.1) is 0 Å². The highest BCUT2D eigenvalue weighted by atomic mass is 16.4. The number of piperidine rings is 1. The molecule has 1 N–H and O–H groups in total. The number of hydrogen-bond acceptors (Lipinski definition) is 2. The summed E-state index contributed by atoms with van der Waals surface area (Å²) in [7, 11) is 0. The standard InChI is InChI=1S/C15H23NO3/c1-11(2)8-13(17)16-7-3-6-15(10-16,14(18)19)9-12-4-5-12/h8,12H,3-7,9-10H2,1-2H3,(H,18,19). The number of carbonyl (C=O) groups excluding carboxylic acids is 1. The summed E-state index contributed by atoms with van der Waals surface area (Å²) in [6.45, 7) is 4.83. The molecule has 1 amide bonds. The first kappa shape index (κ1) is 14.1. The van der Waals surface area contributed by atoms with Crippen molar-refractivity contribution >= 4 is 11.9 Å². The fraction of sp³-hybridized carbons (Fsp3) is 0.733.